The van der Waals surface area contributed by atoms with Crippen LogP contribution in [0.2, 0.25) is 0 Å². The summed E-state index contributed by atoms with van der Waals surface area (Å²) in [5, 5.41) is 0. The third-order valence-electron chi connectivity index (χ3n) is 2.65. The highest BCUT2D eigenvalue weighted by Crippen LogP contribution is 2.25. The Morgan fingerprint density at radius 2 is 2.22 bits per heavy atom. The highest BCUT2D eigenvalue weighted by Gasteiger charge is 2.12. The number of rotatable bonds is 3. The highest BCUT2D eigenvalue weighted by atomic mass is 16.5. The maximum atomic E-state index is 11.9. The second-order valence-corrected chi connectivity index (χ2v) is 3.69. The van der Waals surface area contributed by atoms with Gasteiger partial charge in [0.1, 0.15) is 12.1 Å². The number of nitrogen functional groups attached to an aromatic ring is 1. The highest BCUT2D eigenvalue weighted by molar-refractivity contribution is 5.52. The number of aryl methyl sites for hydroxylation is 1. The fraction of sp³-hybridized carbons (Fsp3) is 0.250. The second-order valence-electron chi connectivity index (χ2n) is 3.69. The fourth-order valence-electron chi connectivity index (χ4n) is 1.79. The van der Waals surface area contributed by atoms with E-state index in [9.17, 15) is 4.79 Å². The average molecular weight is 246 g/mol. The first-order valence-electron chi connectivity index (χ1n) is 5.54. The molecule has 1 aromatic heterocycles. The van der Waals surface area contributed by atoms with Crippen LogP contribution in [0, 0.1) is 0 Å². The van der Waals surface area contributed by atoms with Gasteiger partial charge < -0.3 is 10.5 Å². The number of para-hydroxylation sites is 1. The van der Waals surface area contributed by atoms with E-state index in [1.165, 1.54) is 10.9 Å². The third-order valence-corrected chi connectivity index (χ3v) is 2.65. The molecule has 0 aliphatic rings. The molecule has 0 fully saturated rings. The summed E-state index contributed by atoms with van der Waals surface area (Å²) in [6.45, 7) is 2.00. The molecule has 0 radical (unpaired) electrons. The molecule has 0 saturated carbocycles. The van der Waals surface area contributed by atoms with Gasteiger partial charge in [0.25, 0.3) is 0 Å². The van der Waals surface area contributed by atoms with E-state index in [1.54, 1.807) is 13.2 Å². The summed E-state index contributed by atoms with van der Waals surface area (Å²) in [5.74, 6) is 0.564. The van der Waals surface area contributed by atoms with Gasteiger partial charge in [-0.1, -0.05) is 19.1 Å². The van der Waals surface area contributed by atoms with Gasteiger partial charge in [-0.3, -0.25) is 0 Å². The zero-order chi connectivity index (χ0) is 13.1. The van der Waals surface area contributed by atoms with E-state index in [0.29, 0.717) is 11.4 Å². The molecule has 0 aliphatic heterocycles. The summed E-state index contributed by atoms with van der Waals surface area (Å²) in [4.78, 5) is 19.3. The van der Waals surface area contributed by atoms with Crippen molar-refractivity contribution in [3.8, 4) is 11.4 Å². The molecule has 2 rings (SSSR count). The van der Waals surface area contributed by atoms with Crippen LogP contribution in [0.4, 0.5) is 5.95 Å². The summed E-state index contributed by atoms with van der Waals surface area (Å²) in [7, 11) is 1.56. The zero-order valence-corrected chi connectivity index (χ0v) is 10.3. The van der Waals surface area contributed by atoms with E-state index in [2.05, 4.69) is 9.97 Å². The van der Waals surface area contributed by atoms with Crippen molar-refractivity contribution in [2.24, 2.45) is 0 Å². The number of nitrogens with two attached hydrogens (primary N) is 1. The van der Waals surface area contributed by atoms with Crippen molar-refractivity contribution in [2.45, 2.75) is 13.3 Å². The number of aromatic nitrogens is 3. The Balaban J connectivity index is 2.73. The molecule has 6 heteroatoms. The number of methoxy groups -OCH3 is 1. The topological polar surface area (TPSA) is 83.0 Å². The van der Waals surface area contributed by atoms with Crippen molar-refractivity contribution >= 4 is 5.95 Å². The van der Waals surface area contributed by atoms with Crippen molar-refractivity contribution in [1.82, 2.24) is 14.5 Å². The van der Waals surface area contributed by atoms with Crippen LogP contribution in [0.15, 0.2) is 29.3 Å². The standard InChI is InChI=1S/C12H14N4O2/c1-3-8-5-4-6-9(18-2)10(8)16-7-14-11(13)15-12(16)17/h4-7H,3H2,1-2H3,(H2,13,15,17). The van der Waals surface area contributed by atoms with Crippen LogP contribution >= 0.6 is 0 Å². The Kier molecular flexibility index (Phi) is 3.27. The number of hydrogen-bond donors (Lipinski definition) is 1. The monoisotopic (exact) mass is 246 g/mol. The largest absolute Gasteiger partial charge is 0.495 e. The molecule has 1 aromatic carbocycles. The Morgan fingerprint density at radius 3 is 2.83 bits per heavy atom. The SMILES string of the molecule is CCc1cccc(OC)c1-n1cnc(N)nc1=O. The van der Waals surface area contributed by atoms with Gasteiger partial charge in [-0.25, -0.2) is 14.3 Å². The molecule has 0 amide bonds. The van der Waals surface area contributed by atoms with Crippen LogP contribution in [-0.4, -0.2) is 21.6 Å². The quantitative estimate of drug-likeness (QED) is 0.865. The predicted molar refractivity (Wildman–Crippen MR) is 68.0 cm³/mol. The minimum absolute atomic E-state index is 0.0378. The summed E-state index contributed by atoms with van der Waals surface area (Å²) >= 11 is 0. The Morgan fingerprint density at radius 1 is 1.44 bits per heavy atom. The number of benzene rings is 1. The van der Waals surface area contributed by atoms with Crippen LogP contribution in [-0.2, 0) is 6.42 Å². The van der Waals surface area contributed by atoms with E-state index in [1.807, 2.05) is 19.1 Å². The van der Waals surface area contributed by atoms with Crippen molar-refractivity contribution in [1.29, 1.82) is 0 Å². The van der Waals surface area contributed by atoms with Crippen LogP contribution in [0.25, 0.3) is 5.69 Å². The molecule has 0 atom stereocenters. The molecule has 18 heavy (non-hydrogen) atoms. The molecule has 0 saturated heterocycles. The lowest BCUT2D eigenvalue weighted by Crippen LogP contribution is -2.24. The van der Waals surface area contributed by atoms with Crippen LogP contribution in [0.1, 0.15) is 12.5 Å². The number of ether oxygens (including phenoxy) is 1. The van der Waals surface area contributed by atoms with E-state index in [-0.39, 0.29) is 5.95 Å². The fourth-order valence-corrected chi connectivity index (χ4v) is 1.79. The van der Waals surface area contributed by atoms with Crippen molar-refractivity contribution in [3.63, 3.8) is 0 Å². The van der Waals surface area contributed by atoms with Gasteiger partial charge >= 0.3 is 5.69 Å². The summed E-state index contributed by atoms with van der Waals surface area (Å²) in [6.07, 6.45) is 2.13. The summed E-state index contributed by atoms with van der Waals surface area (Å²) in [5.41, 5.74) is 6.55. The predicted octanol–water partition coefficient (Wildman–Crippen LogP) is 0.781. The minimum atomic E-state index is -0.471. The summed E-state index contributed by atoms with van der Waals surface area (Å²) in [6, 6.07) is 5.60. The van der Waals surface area contributed by atoms with Crippen molar-refractivity contribution < 1.29 is 4.74 Å². The van der Waals surface area contributed by atoms with Crippen LogP contribution in [0.5, 0.6) is 5.75 Å². The lowest BCUT2D eigenvalue weighted by Gasteiger charge is -2.13. The Bertz CT molecular complexity index is 599. The van der Waals surface area contributed by atoms with E-state index in [0.717, 1.165) is 12.0 Å². The molecular weight excluding hydrogens is 232 g/mol. The zero-order valence-electron chi connectivity index (χ0n) is 10.3. The van der Waals surface area contributed by atoms with Gasteiger partial charge in [-0.15, -0.1) is 0 Å². The van der Waals surface area contributed by atoms with Crippen LogP contribution < -0.4 is 16.2 Å². The Hall–Kier alpha value is -2.37. The van der Waals surface area contributed by atoms with Gasteiger partial charge in [0, 0.05) is 0 Å². The van der Waals surface area contributed by atoms with E-state index >= 15 is 0 Å². The lowest BCUT2D eigenvalue weighted by atomic mass is 10.1. The van der Waals surface area contributed by atoms with Crippen molar-refractivity contribution in [2.75, 3.05) is 12.8 Å². The second kappa shape index (κ2) is 4.87. The minimum Gasteiger partial charge on any atom is -0.495 e. The van der Waals surface area contributed by atoms with Gasteiger partial charge in [0.2, 0.25) is 5.95 Å². The molecule has 1 heterocycles. The van der Waals surface area contributed by atoms with Gasteiger partial charge in [0.05, 0.1) is 12.8 Å². The molecular formula is C12H14N4O2. The molecule has 0 aliphatic carbocycles. The van der Waals surface area contributed by atoms with E-state index in [4.69, 9.17) is 10.5 Å². The molecule has 0 unspecified atom stereocenters. The lowest BCUT2D eigenvalue weighted by molar-refractivity contribution is 0.411. The Labute approximate surface area is 104 Å². The number of anilines is 1. The average Bonchev–Trinajstić information content (AvgIpc) is 2.38. The molecule has 2 N–H and O–H groups in total. The molecule has 0 spiro atoms. The van der Waals surface area contributed by atoms with Gasteiger partial charge in [-0.05, 0) is 18.1 Å². The van der Waals surface area contributed by atoms with Crippen molar-refractivity contribution in [3.05, 3.63) is 40.6 Å². The molecule has 94 valence electrons. The van der Waals surface area contributed by atoms with Gasteiger partial charge in [0.15, 0.2) is 0 Å². The van der Waals surface area contributed by atoms with Crippen LogP contribution in [0.3, 0.4) is 0 Å². The smallest absolute Gasteiger partial charge is 0.356 e. The third kappa shape index (κ3) is 2.04. The normalized spacial score (nSPS) is 10.3. The van der Waals surface area contributed by atoms with Gasteiger partial charge in [-0.2, -0.15) is 4.98 Å². The molecule has 6 nitrogen and oxygen atoms in total. The maximum absolute atomic E-state index is 11.9. The van der Waals surface area contributed by atoms with E-state index < -0.39 is 5.69 Å². The molecule has 0 bridgehead atoms. The first-order valence-corrected chi connectivity index (χ1v) is 5.54. The number of nitrogens with zero attached hydrogens (tertiary/aromatic N) is 3. The first kappa shape index (κ1) is 12.1. The summed E-state index contributed by atoms with van der Waals surface area (Å²) < 4.78 is 6.62. The first-order chi connectivity index (χ1) is 8.67. The number of hydrogen-bond acceptors (Lipinski definition) is 5. The molecule has 2 aromatic rings. The maximum Gasteiger partial charge on any atom is 0.356 e.